The van der Waals surface area contributed by atoms with Gasteiger partial charge in [-0.3, -0.25) is 0 Å². The summed E-state index contributed by atoms with van der Waals surface area (Å²) in [5, 5.41) is 6.19. The topological polar surface area (TPSA) is 80.7 Å². The maximum absolute atomic E-state index is 12.5. The first kappa shape index (κ1) is 19.7. The first-order valence-corrected chi connectivity index (χ1v) is 8.75. The third kappa shape index (κ3) is 4.93. The number of methoxy groups -OCH3 is 2. The summed E-state index contributed by atoms with van der Waals surface area (Å²) in [4.78, 5) is 18.9. The van der Waals surface area contributed by atoms with Crippen LogP contribution in [-0.2, 0) is 16.0 Å². The molecule has 1 aliphatic heterocycles. The quantitative estimate of drug-likeness (QED) is 0.610. The van der Waals surface area contributed by atoms with Gasteiger partial charge < -0.3 is 29.6 Å². The van der Waals surface area contributed by atoms with Crippen molar-refractivity contribution in [3.8, 4) is 0 Å². The second-order valence-corrected chi connectivity index (χ2v) is 6.97. The number of hydrogen-bond donors (Lipinski definition) is 2. The highest BCUT2D eigenvalue weighted by Crippen LogP contribution is 2.47. The fraction of sp³-hybridized carbons (Fsp3) is 0.765. The van der Waals surface area contributed by atoms with Gasteiger partial charge in [0.1, 0.15) is 5.82 Å². The van der Waals surface area contributed by atoms with Crippen molar-refractivity contribution in [2.45, 2.75) is 26.4 Å². The van der Waals surface area contributed by atoms with Crippen LogP contribution in [0.2, 0.25) is 0 Å². The number of carbonyl (C=O) groups is 1. The lowest BCUT2D eigenvalue weighted by atomic mass is 9.74. The number of ether oxygens (including phenoxy) is 2. The van der Waals surface area contributed by atoms with E-state index in [2.05, 4.69) is 34.0 Å². The van der Waals surface area contributed by atoms with E-state index in [1.54, 1.807) is 20.4 Å². The molecular formula is C17H31N5O3. The van der Waals surface area contributed by atoms with Crippen LogP contribution in [0, 0.1) is 5.41 Å². The van der Waals surface area contributed by atoms with Crippen LogP contribution in [0.5, 0.6) is 0 Å². The number of nitrogens with one attached hydrogen (secondary N) is 2. The molecule has 1 aromatic heterocycles. The molecule has 25 heavy (non-hydrogen) atoms. The first-order chi connectivity index (χ1) is 12.0. The fourth-order valence-electron chi connectivity index (χ4n) is 3.21. The molecule has 8 nitrogen and oxygen atoms in total. The zero-order valence-electron chi connectivity index (χ0n) is 15.7. The molecule has 2 heterocycles. The summed E-state index contributed by atoms with van der Waals surface area (Å²) in [7, 11) is 3.36. The number of aromatic nitrogens is 2. The lowest BCUT2D eigenvalue weighted by Crippen LogP contribution is -2.61. The Hall–Kier alpha value is -1.64. The molecule has 0 aromatic carbocycles. The SMILES string of the molecule is COCCNCCNC(=O)N1CC(C)(C)C1c1nccn1CCOC. The van der Waals surface area contributed by atoms with Crippen LogP contribution in [0.4, 0.5) is 4.79 Å². The molecule has 0 saturated carbocycles. The molecular weight excluding hydrogens is 322 g/mol. The predicted octanol–water partition coefficient (Wildman–Crippen LogP) is 0.858. The minimum absolute atomic E-state index is 0.00420. The highest BCUT2D eigenvalue weighted by molar-refractivity contribution is 5.76. The van der Waals surface area contributed by atoms with E-state index in [4.69, 9.17) is 9.47 Å². The number of urea groups is 1. The van der Waals surface area contributed by atoms with Crippen molar-refractivity contribution < 1.29 is 14.3 Å². The van der Waals surface area contributed by atoms with E-state index >= 15 is 0 Å². The van der Waals surface area contributed by atoms with Crippen LogP contribution < -0.4 is 10.6 Å². The summed E-state index contributed by atoms with van der Waals surface area (Å²) in [6.07, 6.45) is 3.73. The van der Waals surface area contributed by atoms with E-state index < -0.39 is 0 Å². The van der Waals surface area contributed by atoms with E-state index in [0.717, 1.165) is 32.0 Å². The van der Waals surface area contributed by atoms with Gasteiger partial charge in [-0.2, -0.15) is 0 Å². The van der Waals surface area contributed by atoms with Gasteiger partial charge in [0, 0.05) is 64.8 Å². The van der Waals surface area contributed by atoms with Gasteiger partial charge in [0.25, 0.3) is 0 Å². The molecule has 1 unspecified atom stereocenters. The Morgan fingerprint density at radius 3 is 2.72 bits per heavy atom. The van der Waals surface area contributed by atoms with Crippen LogP contribution in [0.15, 0.2) is 12.4 Å². The Kier molecular flexibility index (Phi) is 7.22. The van der Waals surface area contributed by atoms with E-state index in [0.29, 0.717) is 19.8 Å². The average Bonchev–Trinajstić information content (AvgIpc) is 3.01. The van der Waals surface area contributed by atoms with Crippen LogP contribution in [0.3, 0.4) is 0 Å². The Morgan fingerprint density at radius 2 is 2.04 bits per heavy atom. The number of hydrogen-bond acceptors (Lipinski definition) is 5. The minimum Gasteiger partial charge on any atom is -0.383 e. The molecule has 1 saturated heterocycles. The molecule has 2 rings (SSSR count). The van der Waals surface area contributed by atoms with Gasteiger partial charge in [0.15, 0.2) is 0 Å². The van der Waals surface area contributed by atoms with Crippen LogP contribution >= 0.6 is 0 Å². The van der Waals surface area contributed by atoms with Crippen molar-refractivity contribution in [3.63, 3.8) is 0 Å². The zero-order chi connectivity index (χ0) is 18.3. The van der Waals surface area contributed by atoms with Crippen molar-refractivity contribution in [3.05, 3.63) is 18.2 Å². The number of nitrogens with zero attached hydrogens (tertiary/aromatic N) is 3. The second kappa shape index (κ2) is 9.17. The van der Waals surface area contributed by atoms with Crippen molar-refractivity contribution in [2.24, 2.45) is 5.41 Å². The normalized spacial score (nSPS) is 18.9. The van der Waals surface area contributed by atoms with Gasteiger partial charge in [-0.25, -0.2) is 9.78 Å². The monoisotopic (exact) mass is 353 g/mol. The van der Waals surface area contributed by atoms with E-state index in [-0.39, 0.29) is 17.5 Å². The van der Waals surface area contributed by atoms with Gasteiger partial charge in [-0.05, 0) is 0 Å². The lowest BCUT2D eigenvalue weighted by molar-refractivity contribution is -0.0237. The van der Waals surface area contributed by atoms with Gasteiger partial charge in [0.2, 0.25) is 0 Å². The van der Waals surface area contributed by atoms with Crippen LogP contribution in [-0.4, -0.2) is 74.1 Å². The largest absolute Gasteiger partial charge is 0.383 e. The molecule has 8 heteroatoms. The number of amides is 2. The highest BCUT2D eigenvalue weighted by Gasteiger charge is 2.50. The number of rotatable bonds is 10. The Morgan fingerprint density at radius 1 is 1.28 bits per heavy atom. The predicted molar refractivity (Wildman–Crippen MR) is 95.5 cm³/mol. The molecule has 1 aliphatic rings. The van der Waals surface area contributed by atoms with Crippen LogP contribution in [0.25, 0.3) is 0 Å². The summed E-state index contributed by atoms with van der Waals surface area (Å²) >= 11 is 0. The molecule has 2 amide bonds. The van der Waals surface area contributed by atoms with Crippen molar-refractivity contribution in [1.82, 2.24) is 25.1 Å². The summed E-state index contributed by atoms with van der Waals surface area (Å²) in [5.74, 6) is 0.918. The molecule has 0 bridgehead atoms. The summed E-state index contributed by atoms with van der Waals surface area (Å²) in [6.45, 7) is 9.17. The molecule has 1 fully saturated rings. The maximum atomic E-state index is 12.5. The Bertz CT molecular complexity index is 546. The third-order valence-electron chi connectivity index (χ3n) is 4.48. The summed E-state index contributed by atoms with van der Waals surface area (Å²) < 4.78 is 12.2. The minimum atomic E-state index is -0.0424. The van der Waals surface area contributed by atoms with Gasteiger partial charge in [-0.1, -0.05) is 13.8 Å². The molecule has 1 atom stereocenters. The second-order valence-electron chi connectivity index (χ2n) is 6.97. The molecule has 2 N–H and O–H groups in total. The summed E-state index contributed by atoms with van der Waals surface area (Å²) in [5.41, 5.74) is 0.00420. The van der Waals surface area contributed by atoms with E-state index in [1.165, 1.54) is 0 Å². The molecule has 142 valence electrons. The van der Waals surface area contributed by atoms with Crippen LogP contribution in [0.1, 0.15) is 25.7 Å². The lowest BCUT2D eigenvalue weighted by Gasteiger charge is -2.53. The number of likely N-dealkylation sites (tertiary alicyclic amines) is 1. The van der Waals surface area contributed by atoms with Crippen molar-refractivity contribution >= 4 is 6.03 Å². The number of carbonyl (C=O) groups excluding carboxylic acids is 1. The smallest absolute Gasteiger partial charge is 0.318 e. The standard InChI is InChI=1S/C17H31N5O3/c1-17(2)13-22(16(23)20-6-5-18-8-11-24-3)14(17)15-19-7-9-21(15)10-12-25-4/h7,9,14,18H,5-6,8,10-13H2,1-4H3,(H,20,23). The third-order valence-corrected chi connectivity index (χ3v) is 4.48. The Labute approximate surface area is 149 Å². The van der Waals surface area contributed by atoms with E-state index in [1.807, 2.05) is 11.1 Å². The zero-order valence-corrected chi connectivity index (χ0v) is 15.7. The number of imidazole rings is 1. The van der Waals surface area contributed by atoms with Gasteiger partial charge in [0.05, 0.1) is 19.3 Å². The van der Waals surface area contributed by atoms with E-state index in [9.17, 15) is 4.79 Å². The van der Waals surface area contributed by atoms with Crippen molar-refractivity contribution in [1.29, 1.82) is 0 Å². The Balaban J connectivity index is 1.91. The molecule has 0 spiro atoms. The van der Waals surface area contributed by atoms with Gasteiger partial charge in [-0.15, -0.1) is 0 Å². The molecule has 0 aliphatic carbocycles. The van der Waals surface area contributed by atoms with Crippen molar-refractivity contribution in [2.75, 3.05) is 53.6 Å². The average molecular weight is 353 g/mol. The van der Waals surface area contributed by atoms with Gasteiger partial charge >= 0.3 is 6.03 Å². The molecule has 1 aromatic rings. The summed E-state index contributed by atoms with van der Waals surface area (Å²) in [6, 6.07) is -0.0695. The first-order valence-electron chi connectivity index (χ1n) is 8.75. The molecule has 0 radical (unpaired) electrons. The maximum Gasteiger partial charge on any atom is 0.318 e. The fourth-order valence-corrected chi connectivity index (χ4v) is 3.21. The highest BCUT2D eigenvalue weighted by atomic mass is 16.5.